The molecule has 2 saturated heterocycles. The maximum absolute atomic E-state index is 12.5. The van der Waals surface area contributed by atoms with Crippen molar-refractivity contribution in [1.29, 1.82) is 0 Å². The number of ether oxygens (including phenoxy) is 1. The number of nitrogens with two attached hydrogens (primary N) is 1. The molecule has 8 nitrogen and oxygen atoms in total. The first-order valence-corrected chi connectivity index (χ1v) is 6.71. The molecule has 2 heterocycles. The van der Waals surface area contributed by atoms with Gasteiger partial charge < -0.3 is 26.0 Å². The maximum atomic E-state index is 12.5. The summed E-state index contributed by atoms with van der Waals surface area (Å²) in [6.07, 6.45) is 1.08. The highest BCUT2D eigenvalue weighted by atomic mass is 16.5. The van der Waals surface area contributed by atoms with Gasteiger partial charge in [-0.1, -0.05) is 0 Å². The van der Waals surface area contributed by atoms with E-state index in [1.807, 2.05) is 0 Å². The second-order valence-electron chi connectivity index (χ2n) is 5.01. The van der Waals surface area contributed by atoms with E-state index in [4.69, 9.17) is 10.5 Å². The first-order chi connectivity index (χ1) is 9.54. The third kappa shape index (κ3) is 2.91. The van der Waals surface area contributed by atoms with Crippen molar-refractivity contribution in [3.8, 4) is 0 Å². The molecule has 8 heteroatoms. The van der Waals surface area contributed by atoms with Gasteiger partial charge in [0.2, 0.25) is 17.7 Å². The van der Waals surface area contributed by atoms with Crippen LogP contribution in [0.5, 0.6) is 0 Å². The molecule has 0 saturated carbocycles. The van der Waals surface area contributed by atoms with Gasteiger partial charge in [0.25, 0.3) is 0 Å². The molecule has 0 spiro atoms. The van der Waals surface area contributed by atoms with Crippen LogP contribution in [0.15, 0.2) is 0 Å². The third-order valence-electron chi connectivity index (χ3n) is 3.60. The maximum Gasteiger partial charge on any atom is 0.247 e. The van der Waals surface area contributed by atoms with E-state index in [0.717, 1.165) is 0 Å². The van der Waals surface area contributed by atoms with Crippen molar-refractivity contribution in [1.82, 2.24) is 15.5 Å². The van der Waals surface area contributed by atoms with E-state index in [2.05, 4.69) is 10.6 Å². The van der Waals surface area contributed by atoms with Crippen molar-refractivity contribution in [3.63, 3.8) is 0 Å². The summed E-state index contributed by atoms with van der Waals surface area (Å²) in [5.74, 6) is -1.09. The van der Waals surface area contributed by atoms with Crippen LogP contribution in [-0.4, -0.2) is 61.1 Å². The molecule has 0 aromatic rings. The topological polar surface area (TPSA) is 114 Å². The summed E-state index contributed by atoms with van der Waals surface area (Å²) < 4.78 is 5.58. The third-order valence-corrected chi connectivity index (χ3v) is 3.60. The van der Waals surface area contributed by atoms with Crippen LogP contribution in [0.3, 0.4) is 0 Å². The molecule has 4 N–H and O–H groups in total. The lowest BCUT2D eigenvalue weighted by atomic mass is 10.1. The molecule has 20 heavy (non-hydrogen) atoms. The Morgan fingerprint density at radius 3 is 2.80 bits per heavy atom. The zero-order valence-corrected chi connectivity index (χ0v) is 11.4. The van der Waals surface area contributed by atoms with E-state index < -0.39 is 24.2 Å². The molecule has 2 aliphatic heterocycles. The summed E-state index contributed by atoms with van der Waals surface area (Å²) in [5, 5.41) is 5.38. The minimum absolute atomic E-state index is 0.132. The molecule has 2 aliphatic rings. The lowest BCUT2D eigenvalue weighted by Gasteiger charge is -2.28. The van der Waals surface area contributed by atoms with Crippen molar-refractivity contribution in [3.05, 3.63) is 0 Å². The summed E-state index contributed by atoms with van der Waals surface area (Å²) >= 11 is 0. The van der Waals surface area contributed by atoms with Gasteiger partial charge in [0.1, 0.15) is 18.3 Å². The minimum atomic E-state index is -0.666. The quantitative estimate of drug-likeness (QED) is 0.548. The standard InChI is InChI=1S/C12H20N4O4/c1-14-6-9(17)15-7-4-5-20-10-3-2-8(11(13)18)16(10)12(7)19/h7-8,10,14H,2-6H2,1H3,(H2,13,18)(H,15,17)/t7-,8-,10-/m0/s1. The molecule has 0 unspecified atom stereocenters. The van der Waals surface area contributed by atoms with Gasteiger partial charge >= 0.3 is 0 Å². The number of nitrogens with one attached hydrogen (secondary N) is 2. The van der Waals surface area contributed by atoms with Gasteiger partial charge in [-0.3, -0.25) is 14.4 Å². The molecular weight excluding hydrogens is 264 g/mol. The molecule has 3 atom stereocenters. The van der Waals surface area contributed by atoms with E-state index in [1.165, 1.54) is 4.90 Å². The summed E-state index contributed by atoms with van der Waals surface area (Å²) in [5.41, 5.74) is 5.33. The summed E-state index contributed by atoms with van der Waals surface area (Å²) in [4.78, 5) is 36.9. The molecule has 2 fully saturated rings. The average Bonchev–Trinajstić information content (AvgIpc) is 2.75. The largest absolute Gasteiger partial charge is 0.368 e. The number of fused-ring (bicyclic) bond motifs is 1. The molecule has 0 bridgehead atoms. The minimum Gasteiger partial charge on any atom is -0.368 e. The molecule has 2 rings (SSSR count). The van der Waals surface area contributed by atoms with E-state index in [1.54, 1.807) is 7.05 Å². The van der Waals surface area contributed by atoms with Gasteiger partial charge in [0.15, 0.2) is 0 Å². The highest BCUT2D eigenvalue weighted by Crippen LogP contribution is 2.28. The normalized spacial score (nSPS) is 29.8. The van der Waals surface area contributed by atoms with Crippen LogP contribution in [0.25, 0.3) is 0 Å². The molecule has 0 aromatic carbocycles. The Morgan fingerprint density at radius 1 is 1.40 bits per heavy atom. The Kier molecular flexibility index (Phi) is 4.56. The lowest BCUT2D eigenvalue weighted by Crippen LogP contribution is -2.54. The number of likely N-dealkylation sites (N-methyl/N-ethyl adjacent to an activating group) is 1. The van der Waals surface area contributed by atoms with Crippen molar-refractivity contribution in [2.45, 2.75) is 37.6 Å². The number of hydrogen-bond donors (Lipinski definition) is 3. The van der Waals surface area contributed by atoms with E-state index in [-0.39, 0.29) is 18.4 Å². The Morgan fingerprint density at radius 2 is 2.15 bits per heavy atom. The van der Waals surface area contributed by atoms with E-state index in [0.29, 0.717) is 25.9 Å². The highest BCUT2D eigenvalue weighted by molar-refractivity contribution is 5.92. The smallest absolute Gasteiger partial charge is 0.247 e. The van der Waals surface area contributed by atoms with Crippen molar-refractivity contribution in [2.75, 3.05) is 20.2 Å². The van der Waals surface area contributed by atoms with Gasteiger partial charge in [-0.05, 0) is 19.9 Å². The fourth-order valence-corrected chi connectivity index (χ4v) is 2.68. The molecule has 0 radical (unpaired) electrons. The van der Waals surface area contributed by atoms with Crippen LogP contribution in [-0.2, 0) is 19.1 Å². The molecule has 112 valence electrons. The summed E-state index contributed by atoms with van der Waals surface area (Å²) in [7, 11) is 1.65. The average molecular weight is 284 g/mol. The second kappa shape index (κ2) is 6.19. The SMILES string of the molecule is CNCC(=O)N[C@H]1CCO[C@H]2CC[C@@H](C(N)=O)N2C1=O. The van der Waals surface area contributed by atoms with Gasteiger partial charge in [-0.15, -0.1) is 0 Å². The van der Waals surface area contributed by atoms with Crippen LogP contribution in [0.2, 0.25) is 0 Å². The monoisotopic (exact) mass is 284 g/mol. The Hall–Kier alpha value is -1.67. The predicted octanol–water partition coefficient (Wildman–Crippen LogP) is -2.09. The van der Waals surface area contributed by atoms with E-state index >= 15 is 0 Å². The number of amides is 3. The van der Waals surface area contributed by atoms with Crippen LogP contribution in [0.4, 0.5) is 0 Å². The number of primary amides is 1. The van der Waals surface area contributed by atoms with Crippen LogP contribution in [0, 0.1) is 0 Å². The number of carbonyl (C=O) groups excluding carboxylic acids is 3. The summed E-state index contributed by atoms with van der Waals surface area (Å²) in [6, 6.07) is -1.31. The zero-order valence-electron chi connectivity index (χ0n) is 11.4. The van der Waals surface area contributed by atoms with Gasteiger partial charge in [-0.2, -0.15) is 0 Å². The van der Waals surface area contributed by atoms with Gasteiger partial charge in [-0.25, -0.2) is 0 Å². The lowest BCUT2D eigenvalue weighted by molar-refractivity contribution is -0.147. The second-order valence-corrected chi connectivity index (χ2v) is 5.01. The Labute approximate surface area is 117 Å². The predicted molar refractivity (Wildman–Crippen MR) is 69.3 cm³/mol. The fraction of sp³-hybridized carbons (Fsp3) is 0.750. The zero-order chi connectivity index (χ0) is 14.7. The van der Waals surface area contributed by atoms with E-state index in [9.17, 15) is 14.4 Å². The van der Waals surface area contributed by atoms with Crippen molar-refractivity contribution < 1.29 is 19.1 Å². The number of hydrogen-bond acceptors (Lipinski definition) is 5. The number of nitrogens with zero attached hydrogens (tertiary/aromatic N) is 1. The van der Waals surface area contributed by atoms with Crippen LogP contribution in [0.1, 0.15) is 19.3 Å². The van der Waals surface area contributed by atoms with Gasteiger partial charge in [0, 0.05) is 6.42 Å². The Bertz CT molecular complexity index is 414. The number of rotatable bonds is 4. The first-order valence-electron chi connectivity index (χ1n) is 6.71. The fourth-order valence-electron chi connectivity index (χ4n) is 2.68. The molecule has 0 aromatic heterocycles. The van der Waals surface area contributed by atoms with Crippen LogP contribution >= 0.6 is 0 Å². The van der Waals surface area contributed by atoms with Crippen molar-refractivity contribution >= 4 is 17.7 Å². The molecular formula is C12H20N4O4. The molecule has 3 amide bonds. The van der Waals surface area contributed by atoms with Crippen molar-refractivity contribution in [2.24, 2.45) is 5.73 Å². The molecule has 0 aliphatic carbocycles. The van der Waals surface area contributed by atoms with Gasteiger partial charge in [0.05, 0.1) is 13.2 Å². The van der Waals surface area contributed by atoms with Crippen LogP contribution < -0.4 is 16.4 Å². The number of carbonyl (C=O) groups is 3. The highest BCUT2D eigenvalue weighted by Gasteiger charge is 2.44. The first kappa shape index (κ1) is 14.7. The summed E-state index contributed by atoms with van der Waals surface area (Å²) in [6.45, 7) is 0.496. The Balaban J connectivity index is 2.10.